The minimum absolute atomic E-state index is 0.312. The van der Waals surface area contributed by atoms with Crippen molar-refractivity contribution in [3.05, 3.63) is 24.3 Å². The zero-order valence-corrected chi connectivity index (χ0v) is 12.1. The number of carboxylic acids is 1. The van der Waals surface area contributed by atoms with E-state index in [4.69, 9.17) is 9.84 Å². The second kappa shape index (κ2) is 6.04. The van der Waals surface area contributed by atoms with Crippen LogP contribution in [0.1, 0.15) is 0 Å². The molecule has 6 nitrogen and oxygen atoms in total. The van der Waals surface area contributed by atoms with Gasteiger partial charge in [0.15, 0.2) is 0 Å². The molecule has 1 aliphatic rings. The van der Waals surface area contributed by atoms with Gasteiger partial charge in [-0.25, -0.2) is 9.59 Å². The van der Waals surface area contributed by atoms with Gasteiger partial charge >= 0.3 is 12.0 Å². The van der Waals surface area contributed by atoms with Crippen LogP contribution in [0.3, 0.4) is 0 Å². The molecule has 1 N–H and O–H groups in total. The molecule has 1 aromatic carbocycles. The molecule has 0 radical (unpaired) electrons. The van der Waals surface area contributed by atoms with Gasteiger partial charge in [-0.05, 0) is 24.3 Å². The van der Waals surface area contributed by atoms with E-state index in [0.29, 0.717) is 23.1 Å². The largest absolute Gasteiger partial charge is 0.497 e. The lowest BCUT2D eigenvalue weighted by Gasteiger charge is -2.27. The molecule has 1 atom stereocenters. The standard InChI is InChI=1S/C13H16N2O4S/c1-14(9-3-5-10(19-2)6-4-9)13(18)15-8-20-7-11(15)12(16)17/h3-6,11H,7-8H2,1-2H3,(H,16,17)/t11-/m0/s1. The molecule has 2 amide bonds. The number of aliphatic carboxylic acids is 1. The molecule has 0 saturated carbocycles. The molecule has 0 spiro atoms. The van der Waals surface area contributed by atoms with Crippen molar-refractivity contribution < 1.29 is 19.4 Å². The lowest BCUT2D eigenvalue weighted by atomic mass is 10.2. The SMILES string of the molecule is COc1ccc(N(C)C(=O)N2CSC[C@H]2C(=O)O)cc1. The third-order valence-corrected chi connectivity index (χ3v) is 4.17. The molecule has 2 rings (SSSR count). The molecule has 1 heterocycles. The number of hydrogen-bond donors (Lipinski definition) is 1. The van der Waals surface area contributed by atoms with Crippen LogP contribution in [0.15, 0.2) is 24.3 Å². The van der Waals surface area contributed by atoms with Gasteiger partial charge in [-0.2, -0.15) is 0 Å². The Morgan fingerprint density at radius 3 is 2.60 bits per heavy atom. The number of urea groups is 1. The summed E-state index contributed by atoms with van der Waals surface area (Å²) in [6, 6.07) is 5.96. The summed E-state index contributed by atoms with van der Waals surface area (Å²) < 4.78 is 5.06. The quantitative estimate of drug-likeness (QED) is 0.919. The van der Waals surface area contributed by atoms with E-state index in [-0.39, 0.29) is 6.03 Å². The van der Waals surface area contributed by atoms with Crippen molar-refractivity contribution in [2.24, 2.45) is 0 Å². The van der Waals surface area contributed by atoms with Gasteiger partial charge in [0.05, 0.1) is 13.0 Å². The number of anilines is 1. The van der Waals surface area contributed by atoms with Gasteiger partial charge in [-0.1, -0.05) is 0 Å². The maximum atomic E-state index is 12.4. The number of methoxy groups -OCH3 is 1. The van der Waals surface area contributed by atoms with Crippen molar-refractivity contribution in [2.75, 3.05) is 30.7 Å². The summed E-state index contributed by atoms with van der Waals surface area (Å²) in [7, 11) is 3.20. The summed E-state index contributed by atoms with van der Waals surface area (Å²) in [4.78, 5) is 26.3. The number of amides is 2. The predicted molar refractivity (Wildman–Crippen MR) is 77.4 cm³/mol. The van der Waals surface area contributed by atoms with Crippen molar-refractivity contribution in [3.8, 4) is 5.75 Å². The zero-order valence-electron chi connectivity index (χ0n) is 11.3. The van der Waals surface area contributed by atoms with Crippen LogP contribution in [0.5, 0.6) is 5.75 Å². The number of carbonyl (C=O) groups is 2. The number of thioether (sulfide) groups is 1. The minimum Gasteiger partial charge on any atom is -0.497 e. The highest BCUT2D eigenvalue weighted by Gasteiger charge is 2.36. The van der Waals surface area contributed by atoms with Crippen molar-refractivity contribution in [1.82, 2.24) is 4.90 Å². The highest BCUT2D eigenvalue weighted by atomic mass is 32.2. The van der Waals surface area contributed by atoms with Crippen LogP contribution in [0.25, 0.3) is 0 Å². The van der Waals surface area contributed by atoms with E-state index in [0.717, 1.165) is 0 Å². The van der Waals surface area contributed by atoms with Gasteiger partial charge in [-0.3, -0.25) is 4.90 Å². The number of ether oxygens (including phenoxy) is 1. The molecule has 0 aliphatic carbocycles. The number of hydrogen-bond acceptors (Lipinski definition) is 4. The average Bonchev–Trinajstić information content (AvgIpc) is 2.95. The second-order valence-electron chi connectivity index (χ2n) is 4.36. The fourth-order valence-corrected chi connectivity index (χ4v) is 3.08. The molecule has 0 unspecified atom stereocenters. The minimum atomic E-state index is -0.966. The second-order valence-corrected chi connectivity index (χ2v) is 5.36. The van der Waals surface area contributed by atoms with Crippen LogP contribution in [0, 0.1) is 0 Å². The van der Waals surface area contributed by atoms with E-state index in [2.05, 4.69) is 0 Å². The number of nitrogens with zero attached hydrogens (tertiary/aromatic N) is 2. The highest BCUT2D eigenvalue weighted by molar-refractivity contribution is 7.99. The molecular weight excluding hydrogens is 280 g/mol. The summed E-state index contributed by atoms with van der Waals surface area (Å²) >= 11 is 1.44. The van der Waals surface area contributed by atoms with Crippen molar-refractivity contribution in [2.45, 2.75) is 6.04 Å². The smallest absolute Gasteiger partial charge is 0.327 e. The normalized spacial score (nSPS) is 17.9. The fraction of sp³-hybridized carbons (Fsp3) is 0.385. The maximum absolute atomic E-state index is 12.4. The molecule has 108 valence electrons. The molecule has 1 saturated heterocycles. The topological polar surface area (TPSA) is 70.1 Å². The summed E-state index contributed by atoms with van der Waals surface area (Å²) in [5, 5.41) is 9.11. The van der Waals surface area contributed by atoms with Gasteiger partial charge < -0.3 is 14.7 Å². The molecule has 7 heteroatoms. The Balaban J connectivity index is 2.13. The first-order chi connectivity index (χ1) is 9.54. The maximum Gasteiger partial charge on any atom is 0.327 e. The first-order valence-electron chi connectivity index (χ1n) is 6.03. The van der Waals surface area contributed by atoms with E-state index in [9.17, 15) is 9.59 Å². The summed E-state index contributed by atoms with van der Waals surface area (Å²) in [5.41, 5.74) is 0.692. The number of carbonyl (C=O) groups excluding carboxylic acids is 1. The Bertz CT molecular complexity index is 506. The predicted octanol–water partition coefficient (Wildman–Crippen LogP) is 1.71. The molecule has 1 fully saturated rings. The van der Waals surface area contributed by atoms with Crippen molar-refractivity contribution in [1.29, 1.82) is 0 Å². The Hall–Kier alpha value is -1.89. The van der Waals surface area contributed by atoms with Gasteiger partial charge in [0.25, 0.3) is 0 Å². The van der Waals surface area contributed by atoms with Crippen LogP contribution in [0.4, 0.5) is 10.5 Å². The number of rotatable bonds is 3. The van der Waals surface area contributed by atoms with E-state index in [1.165, 1.54) is 21.6 Å². The van der Waals surface area contributed by atoms with Crippen LogP contribution in [-0.4, -0.2) is 53.8 Å². The Morgan fingerprint density at radius 2 is 2.05 bits per heavy atom. The molecule has 0 aromatic heterocycles. The van der Waals surface area contributed by atoms with Crippen molar-refractivity contribution >= 4 is 29.4 Å². The Kier molecular flexibility index (Phi) is 4.39. The molecule has 1 aliphatic heterocycles. The Morgan fingerprint density at radius 1 is 1.40 bits per heavy atom. The summed E-state index contributed by atoms with van der Waals surface area (Å²) in [6.45, 7) is 0. The highest BCUT2D eigenvalue weighted by Crippen LogP contribution is 2.25. The fourth-order valence-electron chi connectivity index (χ4n) is 1.94. The molecule has 0 bridgehead atoms. The van der Waals surface area contributed by atoms with Crippen LogP contribution >= 0.6 is 11.8 Å². The van der Waals surface area contributed by atoms with Crippen LogP contribution < -0.4 is 9.64 Å². The van der Waals surface area contributed by atoms with Gasteiger partial charge in [-0.15, -0.1) is 11.8 Å². The third kappa shape index (κ3) is 2.82. The summed E-state index contributed by atoms with van der Waals surface area (Å²) in [5.74, 6) is 0.564. The monoisotopic (exact) mass is 296 g/mol. The molecule has 1 aromatic rings. The first kappa shape index (κ1) is 14.5. The Labute approximate surface area is 121 Å². The molecular formula is C13H16N2O4S. The van der Waals surface area contributed by atoms with Crippen LogP contribution in [0.2, 0.25) is 0 Å². The lowest BCUT2D eigenvalue weighted by Crippen LogP contribution is -2.47. The van der Waals surface area contributed by atoms with Gasteiger partial charge in [0.1, 0.15) is 11.8 Å². The summed E-state index contributed by atoms with van der Waals surface area (Å²) in [6.07, 6.45) is 0. The number of carboxylic acid groups (broad SMARTS) is 1. The van der Waals surface area contributed by atoms with Crippen molar-refractivity contribution in [3.63, 3.8) is 0 Å². The molecule has 20 heavy (non-hydrogen) atoms. The number of benzene rings is 1. The van der Waals surface area contributed by atoms with E-state index in [1.54, 1.807) is 38.4 Å². The lowest BCUT2D eigenvalue weighted by molar-refractivity contribution is -0.140. The third-order valence-electron chi connectivity index (χ3n) is 3.16. The average molecular weight is 296 g/mol. The van der Waals surface area contributed by atoms with Gasteiger partial charge in [0, 0.05) is 18.5 Å². The van der Waals surface area contributed by atoms with E-state index >= 15 is 0 Å². The van der Waals surface area contributed by atoms with E-state index in [1.807, 2.05) is 0 Å². The van der Waals surface area contributed by atoms with Crippen LogP contribution in [-0.2, 0) is 4.79 Å². The van der Waals surface area contributed by atoms with Gasteiger partial charge in [0.2, 0.25) is 0 Å². The zero-order chi connectivity index (χ0) is 14.7. The first-order valence-corrected chi connectivity index (χ1v) is 7.19. The van der Waals surface area contributed by atoms with E-state index < -0.39 is 12.0 Å².